The number of aryl methyl sites for hydroxylation is 1. The quantitative estimate of drug-likeness (QED) is 0.566. The van der Waals surface area contributed by atoms with Crippen LogP contribution in [0.15, 0.2) is 66.9 Å². The first-order chi connectivity index (χ1) is 11.7. The summed E-state index contributed by atoms with van der Waals surface area (Å²) in [6.07, 6.45) is 1.85. The molecule has 1 N–H and O–H groups in total. The number of aromatic nitrogens is 3. The number of rotatable bonds is 3. The standard InChI is InChI=1S/C19H15ClN4/c1-13-11-18(23-16-9-7-15(20)8-10-16)24-19(22-13)17(12-21-24)14-5-3-2-4-6-14/h2-12,23H,1H3. The van der Waals surface area contributed by atoms with E-state index in [4.69, 9.17) is 11.6 Å². The fourth-order valence-electron chi connectivity index (χ4n) is 2.68. The van der Waals surface area contributed by atoms with Gasteiger partial charge < -0.3 is 5.32 Å². The number of fused-ring (bicyclic) bond motifs is 1. The molecule has 0 atom stereocenters. The fourth-order valence-corrected chi connectivity index (χ4v) is 2.80. The molecule has 0 unspecified atom stereocenters. The summed E-state index contributed by atoms with van der Waals surface area (Å²) in [5.41, 5.74) is 4.82. The lowest BCUT2D eigenvalue weighted by atomic mass is 10.1. The fraction of sp³-hybridized carbons (Fsp3) is 0.0526. The van der Waals surface area contributed by atoms with Gasteiger partial charge in [-0.05, 0) is 36.8 Å². The highest BCUT2D eigenvalue weighted by Gasteiger charge is 2.12. The third kappa shape index (κ3) is 2.72. The van der Waals surface area contributed by atoms with E-state index in [1.165, 1.54) is 0 Å². The SMILES string of the molecule is Cc1cc(Nc2ccc(Cl)cc2)n2ncc(-c3ccccc3)c2n1. The second kappa shape index (κ2) is 5.98. The molecule has 2 heterocycles. The molecular weight excluding hydrogens is 320 g/mol. The minimum absolute atomic E-state index is 0.710. The monoisotopic (exact) mass is 334 g/mol. The highest BCUT2D eigenvalue weighted by molar-refractivity contribution is 6.30. The Labute approximate surface area is 144 Å². The van der Waals surface area contributed by atoms with Crippen molar-refractivity contribution in [2.75, 3.05) is 5.32 Å². The number of anilines is 2. The number of nitrogens with one attached hydrogen (secondary N) is 1. The number of hydrogen-bond donors (Lipinski definition) is 1. The van der Waals surface area contributed by atoms with Crippen LogP contribution in [0.2, 0.25) is 5.02 Å². The normalized spacial score (nSPS) is 10.9. The summed E-state index contributed by atoms with van der Waals surface area (Å²) in [6, 6.07) is 19.7. The first-order valence-corrected chi connectivity index (χ1v) is 8.02. The van der Waals surface area contributed by atoms with Crippen LogP contribution < -0.4 is 5.32 Å². The molecule has 0 bridgehead atoms. The van der Waals surface area contributed by atoms with Crippen molar-refractivity contribution in [3.8, 4) is 11.1 Å². The summed E-state index contributed by atoms with van der Waals surface area (Å²) < 4.78 is 1.82. The van der Waals surface area contributed by atoms with Crippen LogP contribution >= 0.6 is 11.6 Å². The van der Waals surface area contributed by atoms with Crippen molar-refractivity contribution in [1.82, 2.24) is 14.6 Å². The summed E-state index contributed by atoms with van der Waals surface area (Å²) >= 11 is 5.95. The predicted octanol–water partition coefficient (Wildman–Crippen LogP) is 5.10. The maximum atomic E-state index is 5.95. The molecule has 0 saturated carbocycles. The van der Waals surface area contributed by atoms with Crippen LogP contribution in [-0.4, -0.2) is 14.6 Å². The molecule has 4 aromatic rings. The Morgan fingerprint density at radius 1 is 1.00 bits per heavy atom. The average molecular weight is 335 g/mol. The summed E-state index contributed by atoms with van der Waals surface area (Å²) in [7, 11) is 0. The van der Waals surface area contributed by atoms with Crippen LogP contribution in [-0.2, 0) is 0 Å². The van der Waals surface area contributed by atoms with Gasteiger partial charge >= 0.3 is 0 Å². The minimum atomic E-state index is 0.710. The molecule has 0 amide bonds. The van der Waals surface area contributed by atoms with Crippen molar-refractivity contribution in [1.29, 1.82) is 0 Å². The smallest absolute Gasteiger partial charge is 0.165 e. The lowest BCUT2D eigenvalue weighted by Gasteiger charge is -2.10. The van der Waals surface area contributed by atoms with Crippen molar-refractivity contribution in [3.63, 3.8) is 0 Å². The number of hydrogen-bond acceptors (Lipinski definition) is 3. The van der Waals surface area contributed by atoms with E-state index in [-0.39, 0.29) is 0 Å². The Kier molecular flexibility index (Phi) is 3.67. The number of benzene rings is 2. The first kappa shape index (κ1) is 14.7. The van der Waals surface area contributed by atoms with E-state index in [1.54, 1.807) is 0 Å². The summed E-state index contributed by atoms with van der Waals surface area (Å²) in [5, 5.41) is 8.61. The van der Waals surface area contributed by atoms with Gasteiger partial charge in [0.25, 0.3) is 0 Å². The molecule has 0 aliphatic rings. The Balaban J connectivity index is 1.82. The molecule has 0 saturated heterocycles. The highest BCUT2D eigenvalue weighted by Crippen LogP contribution is 2.27. The average Bonchev–Trinajstić information content (AvgIpc) is 3.01. The van der Waals surface area contributed by atoms with E-state index < -0.39 is 0 Å². The van der Waals surface area contributed by atoms with Gasteiger partial charge in [0.2, 0.25) is 0 Å². The van der Waals surface area contributed by atoms with Gasteiger partial charge in [0, 0.05) is 28.0 Å². The first-order valence-electron chi connectivity index (χ1n) is 7.64. The van der Waals surface area contributed by atoms with Gasteiger partial charge in [-0.3, -0.25) is 0 Å². The Morgan fingerprint density at radius 3 is 2.50 bits per heavy atom. The van der Waals surface area contributed by atoms with Crippen molar-refractivity contribution >= 4 is 28.8 Å². The van der Waals surface area contributed by atoms with Gasteiger partial charge in [0.15, 0.2) is 5.65 Å². The molecule has 5 heteroatoms. The van der Waals surface area contributed by atoms with E-state index in [0.29, 0.717) is 5.02 Å². The molecule has 2 aromatic heterocycles. The van der Waals surface area contributed by atoms with E-state index in [9.17, 15) is 0 Å². The molecular formula is C19H15ClN4. The molecule has 0 aliphatic heterocycles. The van der Waals surface area contributed by atoms with Crippen molar-refractivity contribution < 1.29 is 0 Å². The summed E-state index contributed by atoms with van der Waals surface area (Å²) in [4.78, 5) is 4.67. The molecule has 118 valence electrons. The Morgan fingerprint density at radius 2 is 1.75 bits per heavy atom. The second-order valence-electron chi connectivity index (χ2n) is 5.57. The highest BCUT2D eigenvalue weighted by atomic mass is 35.5. The van der Waals surface area contributed by atoms with Gasteiger partial charge in [0.05, 0.1) is 6.20 Å². The van der Waals surface area contributed by atoms with Crippen LogP contribution in [0.3, 0.4) is 0 Å². The molecule has 24 heavy (non-hydrogen) atoms. The molecule has 0 radical (unpaired) electrons. The maximum absolute atomic E-state index is 5.95. The number of halogens is 1. The third-order valence-corrected chi connectivity index (χ3v) is 4.05. The van der Waals surface area contributed by atoms with Gasteiger partial charge in [0.1, 0.15) is 5.82 Å². The van der Waals surface area contributed by atoms with E-state index >= 15 is 0 Å². The van der Waals surface area contributed by atoms with Crippen LogP contribution in [0, 0.1) is 6.92 Å². The second-order valence-corrected chi connectivity index (χ2v) is 6.01. The van der Waals surface area contributed by atoms with Crippen LogP contribution in [0.25, 0.3) is 16.8 Å². The molecule has 0 fully saturated rings. The van der Waals surface area contributed by atoms with E-state index in [2.05, 4.69) is 27.5 Å². The van der Waals surface area contributed by atoms with Gasteiger partial charge in [-0.1, -0.05) is 41.9 Å². The van der Waals surface area contributed by atoms with Crippen LogP contribution in [0.4, 0.5) is 11.5 Å². The minimum Gasteiger partial charge on any atom is -0.340 e. The number of nitrogens with zero attached hydrogens (tertiary/aromatic N) is 3. The molecule has 4 nitrogen and oxygen atoms in total. The van der Waals surface area contributed by atoms with Crippen LogP contribution in [0.1, 0.15) is 5.69 Å². The largest absolute Gasteiger partial charge is 0.340 e. The van der Waals surface area contributed by atoms with Crippen molar-refractivity contribution in [2.24, 2.45) is 0 Å². The van der Waals surface area contributed by atoms with Gasteiger partial charge in [-0.25, -0.2) is 4.98 Å². The molecule has 4 rings (SSSR count). The molecule has 0 spiro atoms. The van der Waals surface area contributed by atoms with E-state index in [1.807, 2.05) is 66.2 Å². The van der Waals surface area contributed by atoms with Crippen molar-refractivity contribution in [2.45, 2.75) is 6.92 Å². The zero-order valence-electron chi connectivity index (χ0n) is 13.1. The molecule has 2 aromatic carbocycles. The topological polar surface area (TPSA) is 42.2 Å². The summed E-state index contributed by atoms with van der Waals surface area (Å²) in [6.45, 7) is 1.98. The predicted molar refractivity (Wildman–Crippen MR) is 97.9 cm³/mol. The lowest BCUT2D eigenvalue weighted by Crippen LogP contribution is -2.02. The zero-order valence-corrected chi connectivity index (χ0v) is 13.8. The Bertz CT molecular complexity index is 991. The molecule has 0 aliphatic carbocycles. The Hall–Kier alpha value is -2.85. The zero-order chi connectivity index (χ0) is 16.5. The maximum Gasteiger partial charge on any atom is 0.165 e. The summed E-state index contributed by atoms with van der Waals surface area (Å²) in [5.74, 6) is 0.863. The van der Waals surface area contributed by atoms with Crippen LogP contribution in [0.5, 0.6) is 0 Å². The van der Waals surface area contributed by atoms with Gasteiger partial charge in [-0.2, -0.15) is 9.61 Å². The third-order valence-electron chi connectivity index (χ3n) is 3.80. The van der Waals surface area contributed by atoms with E-state index in [0.717, 1.165) is 34.0 Å². The van der Waals surface area contributed by atoms with Crippen molar-refractivity contribution in [3.05, 3.63) is 77.6 Å². The van der Waals surface area contributed by atoms with Gasteiger partial charge in [-0.15, -0.1) is 0 Å². The lowest BCUT2D eigenvalue weighted by molar-refractivity contribution is 0.938.